The molecule has 0 aromatic heterocycles. The number of nitrogens with two attached hydrogens (primary N) is 2. The van der Waals surface area contributed by atoms with Gasteiger partial charge in [-0.05, 0) is 23.8 Å². The largest absolute Gasteiger partial charge is 0.366 e. The molecule has 1 amide bonds. The first kappa shape index (κ1) is 9.55. The Hall–Kier alpha value is -1.00. The summed E-state index contributed by atoms with van der Waals surface area (Å²) in [4.78, 5) is 12.1. The van der Waals surface area contributed by atoms with Crippen molar-refractivity contribution in [2.75, 3.05) is 5.75 Å². The van der Waals surface area contributed by atoms with Crippen LogP contribution >= 0.6 is 11.8 Å². The number of thioether (sulfide) groups is 1. The van der Waals surface area contributed by atoms with Crippen molar-refractivity contribution < 1.29 is 4.79 Å². The minimum absolute atomic E-state index is 0.0468. The van der Waals surface area contributed by atoms with Crippen LogP contribution in [0.2, 0.25) is 0 Å². The van der Waals surface area contributed by atoms with Crippen LogP contribution in [0.4, 0.5) is 0 Å². The Labute approximate surface area is 86.8 Å². The lowest BCUT2D eigenvalue weighted by atomic mass is 10.0. The molecule has 0 aliphatic carbocycles. The lowest BCUT2D eigenvalue weighted by Gasteiger charge is -2.22. The standard InChI is InChI=1S/C10H12N2OS/c11-8-4-5-14-9-6(8)2-1-3-7(9)10(12)13/h1-3,8H,4-5,11H2,(H2,12,13). The van der Waals surface area contributed by atoms with Crippen LogP contribution in [0.5, 0.6) is 0 Å². The molecule has 0 fully saturated rings. The van der Waals surface area contributed by atoms with Crippen molar-refractivity contribution in [3.05, 3.63) is 29.3 Å². The Morgan fingerprint density at radius 2 is 2.29 bits per heavy atom. The zero-order valence-corrected chi connectivity index (χ0v) is 8.51. The second-order valence-corrected chi connectivity index (χ2v) is 4.44. The van der Waals surface area contributed by atoms with Crippen molar-refractivity contribution >= 4 is 17.7 Å². The van der Waals surface area contributed by atoms with Crippen molar-refractivity contribution in [3.63, 3.8) is 0 Å². The molecule has 4 N–H and O–H groups in total. The van der Waals surface area contributed by atoms with E-state index in [0.717, 1.165) is 22.6 Å². The number of amides is 1. The van der Waals surface area contributed by atoms with Gasteiger partial charge in [0.15, 0.2) is 0 Å². The van der Waals surface area contributed by atoms with E-state index in [1.807, 2.05) is 12.1 Å². The van der Waals surface area contributed by atoms with Gasteiger partial charge in [0.2, 0.25) is 5.91 Å². The summed E-state index contributed by atoms with van der Waals surface area (Å²) in [5.41, 5.74) is 12.9. The quantitative estimate of drug-likeness (QED) is 0.730. The van der Waals surface area contributed by atoms with Crippen LogP contribution < -0.4 is 11.5 Å². The molecule has 0 saturated carbocycles. The number of carbonyl (C=O) groups is 1. The average molecular weight is 208 g/mol. The maximum absolute atomic E-state index is 11.1. The second kappa shape index (κ2) is 3.63. The van der Waals surface area contributed by atoms with Crippen LogP contribution in [0.25, 0.3) is 0 Å². The Bertz CT molecular complexity index is 378. The highest BCUT2D eigenvalue weighted by atomic mass is 32.2. The smallest absolute Gasteiger partial charge is 0.249 e. The Balaban J connectivity index is 2.55. The van der Waals surface area contributed by atoms with Crippen molar-refractivity contribution in [2.45, 2.75) is 17.4 Å². The first-order valence-corrected chi connectivity index (χ1v) is 5.50. The second-order valence-electron chi connectivity index (χ2n) is 3.33. The van der Waals surface area contributed by atoms with Gasteiger partial charge in [0.1, 0.15) is 0 Å². The number of rotatable bonds is 1. The maximum atomic E-state index is 11.1. The Morgan fingerprint density at radius 3 is 3.00 bits per heavy atom. The van der Waals surface area contributed by atoms with Gasteiger partial charge in [0.25, 0.3) is 0 Å². The summed E-state index contributed by atoms with van der Waals surface area (Å²) in [5, 5.41) is 0. The molecule has 0 bridgehead atoms. The number of hydrogen-bond donors (Lipinski definition) is 2. The molecule has 14 heavy (non-hydrogen) atoms. The minimum Gasteiger partial charge on any atom is -0.366 e. The fraction of sp³-hybridized carbons (Fsp3) is 0.300. The van der Waals surface area contributed by atoms with Gasteiger partial charge in [-0.25, -0.2) is 0 Å². The van der Waals surface area contributed by atoms with Gasteiger partial charge in [-0.3, -0.25) is 4.79 Å². The molecular formula is C10H12N2OS. The van der Waals surface area contributed by atoms with E-state index in [9.17, 15) is 4.79 Å². The molecule has 1 aliphatic rings. The van der Waals surface area contributed by atoms with Crippen LogP contribution in [0.15, 0.2) is 23.1 Å². The summed E-state index contributed by atoms with van der Waals surface area (Å²) in [5.74, 6) is 0.585. The monoisotopic (exact) mass is 208 g/mol. The SMILES string of the molecule is NC(=O)c1cccc2c1SCCC2N. The molecule has 1 aromatic carbocycles. The highest BCUT2D eigenvalue weighted by Crippen LogP contribution is 2.36. The van der Waals surface area contributed by atoms with E-state index in [0.29, 0.717) is 5.56 Å². The molecule has 0 radical (unpaired) electrons. The number of primary amides is 1. The molecule has 1 heterocycles. The number of fused-ring (bicyclic) bond motifs is 1. The molecule has 1 atom stereocenters. The van der Waals surface area contributed by atoms with Gasteiger partial charge >= 0.3 is 0 Å². The molecule has 0 saturated heterocycles. The van der Waals surface area contributed by atoms with Crippen LogP contribution in [0.1, 0.15) is 28.4 Å². The maximum Gasteiger partial charge on any atom is 0.249 e. The lowest BCUT2D eigenvalue weighted by Crippen LogP contribution is -2.20. The van der Waals surface area contributed by atoms with Crippen LogP contribution in [0, 0.1) is 0 Å². The van der Waals surface area contributed by atoms with E-state index in [1.54, 1.807) is 17.8 Å². The molecule has 3 nitrogen and oxygen atoms in total. The third-order valence-corrected chi connectivity index (χ3v) is 3.57. The molecule has 1 aliphatic heterocycles. The zero-order chi connectivity index (χ0) is 10.1. The van der Waals surface area contributed by atoms with Crippen LogP contribution in [-0.4, -0.2) is 11.7 Å². The van der Waals surface area contributed by atoms with E-state index in [1.165, 1.54) is 0 Å². The highest BCUT2D eigenvalue weighted by Gasteiger charge is 2.21. The summed E-state index contributed by atoms with van der Waals surface area (Å²) in [6, 6.07) is 5.61. The van der Waals surface area contributed by atoms with E-state index in [4.69, 9.17) is 11.5 Å². The van der Waals surface area contributed by atoms with Crippen LogP contribution in [0.3, 0.4) is 0 Å². The number of carbonyl (C=O) groups excluding carboxylic acids is 1. The van der Waals surface area contributed by atoms with Gasteiger partial charge in [-0.15, -0.1) is 11.8 Å². The summed E-state index contributed by atoms with van der Waals surface area (Å²) in [6.45, 7) is 0. The molecule has 0 spiro atoms. The van der Waals surface area contributed by atoms with E-state index in [2.05, 4.69) is 0 Å². The molecule has 2 rings (SSSR count). The summed E-state index contributed by atoms with van der Waals surface area (Å²) in [7, 11) is 0. The van der Waals surface area contributed by atoms with E-state index in [-0.39, 0.29) is 11.9 Å². The Morgan fingerprint density at radius 1 is 1.50 bits per heavy atom. The molecular weight excluding hydrogens is 196 g/mol. The fourth-order valence-electron chi connectivity index (χ4n) is 1.65. The summed E-state index contributed by atoms with van der Waals surface area (Å²) in [6.07, 6.45) is 0.958. The van der Waals surface area contributed by atoms with Gasteiger partial charge in [0, 0.05) is 10.9 Å². The van der Waals surface area contributed by atoms with Gasteiger partial charge in [-0.1, -0.05) is 12.1 Å². The highest BCUT2D eigenvalue weighted by molar-refractivity contribution is 7.99. The van der Waals surface area contributed by atoms with E-state index >= 15 is 0 Å². The van der Waals surface area contributed by atoms with Crippen molar-refractivity contribution in [1.82, 2.24) is 0 Å². The Kier molecular flexibility index (Phi) is 2.48. The van der Waals surface area contributed by atoms with Crippen molar-refractivity contribution in [3.8, 4) is 0 Å². The topological polar surface area (TPSA) is 69.1 Å². The number of hydrogen-bond acceptors (Lipinski definition) is 3. The third kappa shape index (κ3) is 1.51. The predicted molar refractivity (Wildman–Crippen MR) is 57.2 cm³/mol. The van der Waals surface area contributed by atoms with Crippen molar-refractivity contribution in [2.24, 2.45) is 11.5 Å². The number of benzene rings is 1. The molecule has 74 valence electrons. The zero-order valence-electron chi connectivity index (χ0n) is 7.69. The fourth-order valence-corrected chi connectivity index (χ4v) is 2.93. The molecule has 1 aromatic rings. The van der Waals surface area contributed by atoms with E-state index < -0.39 is 0 Å². The molecule has 4 heteroatoms. The average Bonchev–Trinajstić information content (AvgIpc) is 2.17. The normalized spacial score (nSPS) is 20.2. The third-order valence-electron chi connectivity index (χ3n) is 2.39. The minimum atomic E-state index is -0.372. The summed E-state index contributed by atoms with van der Waals surface area (Å²) >= 11 is 1.67. The van der Waals surface area contributed by atoms with Gasteiger partial charge in [0.05, 0.1) is 5.56 Å². The lowest BCUT2D eigenvalue weighted by molar-refractivity contribution is 0.0997. The first-order valence-electron chi connectivity index (χ1n) is 4.51. The predicted octanol–water partition coefficient (Wildman–Crippen LogP) is 1.28. The van der Waals surface area contributed by atoms with Gasteiger partial charge < -0.3 is 11.5 Å². The molecule has 1 unspecified atom stereocenters. The van der Waals surface area contributed by atoms with Gasteiger partial charge in [-0.2, -0.15) is 0 Å². The van der Waals surface area contributed by atoms with Crippen LogP contribution in [-0.2, 0) is 0 Å². The summed E-state index contributed by atoms with van der Waals surface area (Å²) < 4.78 is 0. The van der Waals surface area contributed by atoms with Crippen molar-refractivity contribution in [1.29, 1.82) is 0 Å². The first-order chi connectivity index (χ1) is 6.70.